The monoisotopic (exact) mass is 244 g/mol. The Labute approximate surface area is 103 Å². The molecule has 2 aromatic rings. The number of phenolic OH excluding ortho intramolecular Hbond substituents is 1. The highest BCUT2D eigenvalue weighted by molar-refractivity contribution is 5.87. The average molecular weight is 244 g/mol. The zero-order valence-electron chi connectivity index (χ0n) is 9.90. The van der Waals surface area contributed by atoms with Crippen molar-refractivity contribution >= 4 is 11.0 Å². The van der Waals surface area contributed by atoms with E-state index in [1.165, 1.54) is 6.07 Å². The SMILES string of the molecule is C=C(C)[C@H]1Cc2c(cc3oc(=O)ccc3c2O)O1. The Balaban J connectivity index is 2.23. The van der Waals surface area contributed by atoms with Crippen LogP contribution in [0.15, 0.2) is 39.6 Å². The second-order valence-electron chi connectivity index (χ2n) is 4.53. The van der Waals surface area contributed by atoms with Crippen molar-refractivity contribution in [3.8, 4) is 11.5 Å². The fourth-order valence-electron chi connectivity index (χ4n) is 2.18. The smallest absolute Gasteiger partial charge is 0.336 e. The Morgan fingerprint density at radius 2 is 2.28 bits per heavy atom. The highest BCUT2D eigenvalue weighted by Gasteiger charge is 2.28. The molecule has 1 N–H and O–H groups in total. The van der Waals surface area contributed by atoms with Gasteiger partial charge in [0.25, 0.3) is 0 Å². The lowest BCUT2D eigenvalue weighted by Gasteiger charge is -2.08. The van der Waals surface area contributed by atoms with Crippen LogP contribution in [-0.2, 0) is 6.42 Å². The lowest BCUT2D eigenvalue weighted by molar-refractivity contribution is 0.271. The van der Waals surface area contributed by atoms with Crippen LogP contribution >= 0.6 is 0 Å². The second kappa shape index (κ2) is 3.63. The average Bonchev–Trinajstić information content (AvgIpc) is 2.73. The van der Waals surface area contributed by atoms with E-state index in [2.05, 4.69) is 6.58 Å². The Bertz CT molecular complexity index is 712. The van der Waals surface area contributed by atoms with Crippen LogP contribution in [0.2, 0.25) is 0 Å². The predicted molar refractivity (Wildman–Crippen MR) is 67.1 cm³/mol. The van der Waals surface area contributed by atoms with E-state index in [0.717, 1.165) is 11.1 Å². The molecule has 0 fully saturated rings. The van der Waals surface area contributed by atoms with Gasteiger partial charge in [0, 0.05) is 24.1 Å². The van der Waals surface area contributed by atoms with E-state index < -0.39 is 5.63 Å². The summed E-state index contributed by atoms with van der Waals surface area (Å²) in [5, 5.41) is 10.7. The largest absolute Gasteiger partial charge is 0.507 e. The first-order valence-corrected chi connectivity index (χ1v) is 5.67. The van der Waals surface area contributed by atoms with Crippen molar-refractivity contribution in [1.82, 2.24) is 0 Å². The number of phenols is 1. The van der Waals surface area contributed by atoms with Crippen molar-refractivity contribution in [3.63, 3.8) is 0 Å². The standard InChI is InChI=1S/C14H12O4/c1-7(2)10-5-9-12(17-10)6-11-8(14(9)16)3-4-13(15)18-11/h3-4,6,10,16H,1,5H2,2H3/t10-/m1/s1. The lowest BCUT2D eigenvalue weighted by Crippen LogP contribution is -2.13. The van der Waals surface area contributed by atoms with Crippen LogP contribution in [0.1, 0.15) is 12.5 Å². The van der Waals surface area contributed by atoms with E-state index in [-0.39, 0.29) is 11.9 Å². The molecule has 3 rings (SSSR count). The second-order valence-corrected chi connectivity index (χ2v) is 4.53. The van der Waals surface area contributed by atoms with E-state index in [1.807, 2.05) is 6.92 Å². The molecule has 1 aliphatic rings. The zero-order valence-corrected chi connectivity index (χ0v) is 9.90. The van der Waals surface area contributed by atoms with Gasteiger partial charge < -0.3 is 14.3 Å². The van der Waals surface area contributed by atoms with Gasteiger partial charge in [-0.25, -0.2) is 4.79 Å². The maximum Gasteiger partial charge on any atom is 0.336 e. The van der Waals surface area contributed by atoms with E-state index in [4.69, 9.17) is 9.15 Å². The molecule has 0 radical (unpaired) electrons. The quantitative estimate of drug-likeness (QED) is 0.618. The van der Waals surface area contributed by atoms with Crippen LogP contribution in [-0.4, -0.2) is 11.2 Å². The molecule has 0 bridgehead atoms. The molecule has 92 valence electrons. The van der Waals surface area contributed by atoms with Crippen molar-refractivity contribution < 1.29 is 14.3 Å². The summed E-state index contributed by atoms with van der Waals surface area (Å²) in [5.74, 6) is 0.678. The van der Waals surface area contributed by atoms with Gasteiger partial charge in [-0.15, -0.1) is 0 Å². The fraction of sp³-hybridized carbons (Fsp3) is 0.214. The normalized spacial score (nSPS) is 17.5. The molecule has 4 heteroatoms. The minimum Gasteiger partial charge on any atom is -0.507 e. The summed E-state index contributed by atoms with van der Waals surface area (Å²) in [6.07, 6.45) is 0.459. The maximum atomic E-state index is 11.2. The van der Waals surface area contributed by atoms with Gasteiger partial charge in [0.05, 0.1) is 5.39 Å². The van der Waals surface area contributed by atoms with E-state index in [1.54, 1.807) is 12.1 Å². The molecule has 0 aliphatic carbocycles. The molecule has 18 heavy (non-hydrogen) atoms. The molecule has 0 unspecified atom stereocenters. The van der Waals surface area contributed by atoms with Crippen LogP contribution in [0.3, 0.4) is 0 Å². The van der Waals surface area contributed by atoms with Crippen LogP contribution in [0.5, 0.6) is 11.5 Å². The van der Waals surface area contributed by atoms with E-state index in [9.17, 15) is 9.90 Å². The topological polar surface area (TPSA) is 59.7 Å². The molecule has 1 aliphatic heterocycles. The fourth-order valence-corrected chi connectivity index (χ4v) is 2.18. The summed E-state index contributed by atoms with van der Waals surface area (Å²) in [5.41, 5.74) is 1.53. The summed E-state index contributed by atoms with van der Waals surface area (Å²) in [7, 11) is 0. The first kappa shape index (κ1) is 10.9. The minimum absolute atomic E-state index is 0.120. The van der Waals surface area contributed by atoms with Crippen LogP contribution in [0.4, 0.5) is 0 Å². The van der Waals surface area contributed by atoms with E-state index in [0.29, 0.717) is 23.1 Å². The van der Waals surface area contributed by atoms with Crippen LogP contribution in [0, 0.1) is 0 Å². The molecular weight excluding hydrogens is 232 g/mol. The third-order valence-electron chi connectivity index (χ3n) is 3.17. The third-order valence-corrected chi connectivity index (χ3v) is 3.17. The molecule has 1 aromatic carbocycles. The minimum atomic E-state index is -0.448. The number of aromatic hydroxyl groups is 1. The van der Waals surface area contributed by atoms with Crippen LogP contribution in [0.25, 0.3) is 11.0 Å². The van der Waals surface area contributed by atoms with Crippen molar-refractivity contribution in [2.75, 3.05) is 0 Å². The molecule has 1 atom stereocenters. The Hall–Kier alpha value is -2.23. The molecule has 2 heterocycles. The molecule has 0 saturated heterocycles. The van der Waals surface area contributed by atoms with Crippen molar-refractivity contribution in [3.05, 3.63) is 46.3 Å². The van der Waals surface area contributed by atoms with Gasteiger partial charge in [-0.05, 0) is 18.6 Å². The van der Waals surface area contributed by atoms with Crippen LogP contribution < -0.4 is 10.4 Å². The Kier molecular flexibility index (Phi) is 2.20. The number of benzene rings is 1. The molecule has 0 spiro atoms. The van der Waals surface area contributed by atoms with Crippen molar-refractivity contribution in [2.45, 2.75) is 19.4 Å². The number of hydrogen-bond acceptors (Lipinski definition) is 4. The van der Waals surface area contributed by atoms with Crippen molar-refractivity contribution in [1.29, 1.82) is 0 Å². The zero-order chi connectivity index (χ0) is 12.9. The highest BCUT2D eigenvalue weighted by Crippen LogP contribution is 2.41. The number of rotatable bonds is 1. The third kappa shape index (κ3) is 1.49. The van der Waals surface area contributed by atoms with Crippen molar-refractivity contribution in [2.24, 2.45) is 0 Å². The van der Waals surface area contributed by atoms with Gasteiger partial charge in [-0.3, -0.25) is 0 Å². The lowest BCUT2D eigenvalue weighted by atomic mass is 10.0. The summed E-state index contributed by atoms with van der Waals surface area (Å²) in [6.45, 7) is 5.74. The first-order valence-electron chi connectivity index (χ1n) is 5.67. The first-order chi connectivity index (χ1) is 8.56. The Morgan fingerprint density at radius 3 is 3.00 bits per heavy atom. The highest BCUT2D eigenvalue weighted by atomic mass is 16.5. The molecule has 0 saturated carbocycles. The van der Waals surface area contributed by atoms with Gasteiger partial charge in [0.15, 0.2) is 0 Å². The summed E-state index contributed by atoms with van der Waals surface area (Å²) >= 11 is 0. The maximum absolute atomic E-state index is 11.2. The summed E-state index contributed by atoms with van der Waals surface area (Å²) in [6, 6.07) is 4.50. The number of fused-ring (bicyclic) bond motifs is 2. The van der Waals surface area contributed by atoms with Gasteiger partial charge in [-0.2, -0.15) is 0 Å². The number of hydrogen-bond donors (Lipinski definition) is 1. The number of ether oxygens (including phenoxy) is 1. The van der Waals surface area contributed by atoms with Gasteiger partial charge in [0.1, 0.15) is 23.2 Å². The Morgan fingerprint density at radius 1 is 1.50 bits per heavy atom. The molecule has 4 nitrogen and oxygen atoms in total. The van der Waals surface area contributed by atoms with E-state index >= 15 is 0 Å². The summed E-state index contributed by atoms with van der Waals surface area (Å²) < 4.78 is 10.7. The molecular formula is C14H12O4. The van der Waals surface area contributed by atoms with Gasteiger partial charge in [-0.1, -0.05) is 6.58 Å². The molecule has 1 aromatic heterocycles. The van der Waals surface area contributed by atoms with Gasteiger partial charge in [0.2, 0.25) is 0 Å². The van der Waals surface area contributed by atoms with Gasteiger partial charge >= 0.3 is 5.63 Å². The molecule has 0 amide bonds. The predicted octanol–water partition coefficient (Wildman–Crippen LogP) is 2.38. The summed E-state index contributed by atoms with van der Waals surface area (Å²) in [4.78, 5) is 11.2.